The second-order valence-corrected chi connectivity index (χ2v) is 2.80. The summed E-state index contributed by atoms with van der Waals surface area (Å²) in [4.78, 5) is 0. The summed E-state index contributed by atoms with van der Waals surface area (Å²) in [5.74, 6) is 0.381. The van der Waals surface area contributed by atoms with E-state index < -0.39 is 0 Å². The van der Waals surface area contributed by atoms with Crippen molar-refractivity contribution in [1.82, 2.24) is 0 Å². The van der Waals surface area contributed by atoms with Gasteiger partial charge in [-0.2, -0.15) is 0 Å². The van der Waals surface area contributed by atoms with Gasteiger partial charge in [0.1, 0.15) is 23.8 Å². The predicted molar refractivity (Wildman–Crippen MR) is 46.9 cm³/mol. The van der Waals surface area contributed by atoms with E-state index in [0.717, 1.165) is 0 Å². The first kappa shape index (κ1) is 8.26. The monoisotopic (exact) mass is 180 g/mol. The van der Waals surface area contributed by atoms with Crippen molar-refractivity contribution in [3.8, 4) is 0 Å². The Morgan fingerprint density at radius 3 is 3.00 bits per heavy atom. The van der Waals surface area contributed by atoms with Crippen LogP contribution in [0.1, 0.15) is 5.76 Å². The first-order valence-corrected chi connectivity index (χ1v) is 3.97. The summed E-state index contributed by atoms with van der Waals surface area (Å²) >= 11 is 0. The second-order valence-electron chi connectivity index (χ2n) is 2.80. The Balaban J connectivity index is 2.55. The lowest BCUT2D eigenvalue weighted by Gasteiger charge is -1.89. The Morgan fingerprint density at radius 2 is 2.31 bits per heavy atom. The maximum Gasteiger partial charge on any atom is 0.137 e. The van der Waals surface area contributed by atoms with Crippen LogP contribution < -0.4 is 0 Å². The Kier molecular flexibility index (Phi) is 2.02. The second kappa shape index (κ2) is 3.18. The van der Waals surface area contributed by atoms with Crippen molar-refractivity contribution in [2.45, 2.75) is 6.61 Å². The fourth-order valence-corrected chi connectivity index (χ4v) is 1.29. The van der Waals surface area contributed by atoms with E-state index in [2.05, 4.69) is 0 Å². The number of fused-ring (bicyclic) bond motifs is 1. The van der Waals surface area contributed by atoms with Gasteiger partial charge in [0.05, 0.1) is 5.39 Å². The van der Waals surface area contributed by atoms with Gasteiger partial charge >= 0.3 is 0 Å². The minimum absolute atomic E-state index is 0.261. The lowest BCUT2D eigenvalue weighted by molar-refractivity contribution is 0.166. The number of rotatable bonds is 2. The smallest absolute Gasteiger partial charge is 0.137 e. The summed E-state index contributed by atoms with van der Waals surface area (Å²) in [6.07, 6.45) is 0. The predicted octanol–water partition coefficient (Wildman–Crippen LogP) is 2.72. The first-order chi connectivity index (χ1) is 6.31. The number of benzene rings is 1. The maximum atomic E-state index is 13.1. The first-order valence-electron chi connectivity index (χ1n) is 3.97. The third-order valence-electron chi connectivity index (χ3n) is 1.85. The number of furan rings is 1. The van der Waals surface area contributed by atoms with Crippen LogP contribution in [0.3, 0.4) is 0 Å². The highest BCUT2D eigenvalue weighted by Gasteiger charge is 2.06. The third kappa shape index (κ3) is 1.42. The van der Waals surface area contributed by atoms with Crippen LogP contribution in [0, 0.1) is 5.82 Å². The molecule has 0 N–H and O–H groups in total. The highest BCUT2D eigenvalue weighted by Crippen LogP contribution is 2.22. The lowest BCUT2D eigenvalue weighted by atomic mass is 10.2. The average Bonchev–Trinajstić information content (AvgIpc) is 2.49. The molecule has 0 saturated carbocycles. The number of hydrogen-bond acceptors (Lipinski definition) is 2. The van der Waals surface area contributed by atoms with E-state index in [9.17, 15) is 4.39 Å². The normalized spacial score (nSPS) is 10.9. The van der Waals surface area contributed by atoms with Gasteiger partial charge in [0.25, 0.3) is 0 Å². The van der Waals surface area contributed by atoms with Gasteiger partial charge in [0.15, 0.2) is 0 Å². The molecule has 1 aromatic carbocycles. The summed E-state index contributed by atoms with van der Waals surface area (Å²) in [5.41, 5.74) is 0.562. The van der Waals surface area contributed by atoms with Crippen molar-refractivity contribution in [2.75, 3.05) is 7.11 Å². The molecule has 0 bridgehead atoms. The Morgan fingerprint density at radius 1 is 1.46 bits per heavy atom. The fourth-order valence-electron chi connectivity index (χ4n) is 1.29. The molecule has 0 spiro atoms. The van der Waals surface area contributed by atoms with Crippen LogP contribution in [0.4, 0.5) is 4.39 Å². The van der Waals surface area contributed by atoms with Crippen molar-refractivity contribution in [1.29, 1.82) is 0 Å². The SMILES string of the molecule is COCc1cc2c(F)cccc2o1. The zero-order valence-corrected chi connectivity index (χ0v) is 7.21. The quantitative estimate of drug-likeness (QED) is 0.709. The van der Waals surface area contributed by atoms with Gasteiger partial charge in [-0.3, -0.25) is 0 Å². The number of halogens is 1. The summed E-state index contributed by atoms with van der Waals surface area (Å²) in [7, 11) is 1.57. The molecule has 13 heavy (non-hydrogen) atoms. The van der Waals surface area contributed by atoms with E-state index in [0.29, 0.717) is 23.3 Å². The Hall–Kier alpha value is -1.35. The molecule has 0 fully saturated rings. The number of methoxy groups -OCH3 is 1. The maximum absolute atomic E-state index is 13.1. The molecule has 0 saturated heterocycles. The summed E-state index contributed by atoms with van der Waals surface area (Å²) in [5, 5.41) is 0.509. The highest BCUT2D eigenvalue weighted by atomic mass is 19.1. The molecule has 0 aliphatic carbocycles. The molecule has 0 unspecified atom stereocenters. The molecule has 2 nitrogen and oxygen atoms in total. The van der Waals surface area contributed by atoms with E-state index in [-0.39, 0.29) is 5.82 Å². The standard InChI is InChI=1S/C10H9FO2/c1-12-6-7-5-8-9(11)3-2-4-10(8)13-7/h2-5H,6H2,1H3. The zero-order chi connectivity index (χ0) is 9.26. The molecule has 0 amide bonds. The van der Waals surface area contributed by atoms with Crippen LogP contribution in [-0.4, -0.2) is 7.11 Å². The molecular weight excluding hydrogens is 171 g/mol. The van der Waals surface area contributed by atoms with Gasteiger partial charge < -0.3 is 9.15 Å². The molecule has 1 aromatic heterocycles. The molecule has 0 aliphatic rings. The molecule has 0 aliphatic heterocycles. The molecule has 0 atom stereocenters. The van der Waals surface area contributed by atoms with Crippen LogP contribution in [0.2, 0.25) is 0 Å². The lowest BCUT2D eigenvalue weighted by Crippen LogP contribution is -1.81. The Labute approximate surface area is 74.9 Å². The topological polar surface area (TPSA) is 22.4 Å². The van der Waals surface area contributed by atoms with Gasteiger partial charge in [-0.1, -0.05) is 6.07 Å². The average molecular weight is 180 g/mol. The molecule has 0 radical (unpaired) electrons. The van der Waals surface area contributed by atoms with Crippen LogP contribution in [-0.2, 0) is 11.3 Å². The molecular formula is C10H9FO2. The van der Waals surface area contributed by atoms with Gasteiger partial charge in [-0.05, 0) is 18.2 Å². The van der Waals surface area contributed by atoms with Gasteiger partial charge in [0.2, 0.25) is 0 Å². The third-order valence-corrected chi connectivity index (χ3v) is 1.85. The van der Waals surface area contributed by atoms with Crippen molar-refractivity contribution < 1.29 is 13.5 Å². The highest BCUT2D eigenvalue weighted by molar-refractivity contribution is 5.78. The van der Waals surface area contributed by atoms with Crippen molar-refractivity contribution in [3.05, 3.63) is 35.8 Å². The van der Waals surface area contributed by atoms with Crippen molar-refractivity contribution in [2.24, 2.45) is 0 Å². The molecule has 2 aromatic rings. The van der Waals surface area contributed by atoms with Gasteiger partial charge in [-0.15, -0.1) is 0 Å². The van der Waals surface area contributed by atoms with E-state index in [4.69, 9.17) is 9.15 Å². The van der Waals surface area contributed by atoms with E-state index in [1.807, 2.05) is 0 Å². The van der Waals surface area contributed by atoms with E-state index >= 15 is 0 Å². The zero-order valence-electron chi connectivity index (χ0n) is 7.21. The van der Waals surface area contributed by atoms with Crippen LogP contribution in [0.15, 0.2) is 28.7 Å². The largest absolute Gasteiger partial charge is 0.458 e. The number of ether oxygens (including phenoxy) is 1. The number of hydrogen-bond donors (Lipinski definition) is 0. The molecule has 2 rings (SSSR count). The van der Waals surface area contributed by atoms with Crippen LogP contribution >= 0.6 is 0 Å². The minimum Gasteiger partial charge on any atom is -0.458 e. The Bertz CT molecular complexity index is 420. The van der Waals surface area contributed by atoms with E-state index in [1.54, 1.807) is 25.3 Å². The van der Waals surface area contributed by atoms with Crippen molar-refractivity contribution in [3.63, 3.8) is 0 Å². The van der Waals surface area contributed by atoms with Crippen molar-refractivity contribution >= 4 is 11.0 Å². The van der Waals surface area contributed by atoms with Gasteiger partial charge in [0, 0.05) is 7.11 Å². The minimum atomic E-state index is -0.261. The summed E-state index contributed by atoms with van der Waals surface area (Å²) < 4.78 is 23.3. The van der Waals surface area contributed by atoms with Crippen LogP contribution in [0.5, 0.6) is 0 Å². The molecule has 1 heterocycles. The fraction of sp³-hybridized carbons (Fsp3) is 0.200. The molecule has 68 valence electrons. The van der Waals surface area contributed by atoms with E-state index in [1.165, 1.54) is 6.07 Å². The summed E-state index contributed by atoms with van der Waals surface area (Å²) in [6, 6.07) is 6.43. The van der Waals surface area contributed by atoms with Crippen LogP contribution in [0.25, 0.3) is 11.0 Å². The molecule has 3 heteroatoms. The summed E-state index contributed by atoms with van der Waals surface area (Å²) in [6.45, 7) is 0.369. The van der Waals surface area contributed by atoms with Gasteiger partial charge in [-0.25, -0.2) is 4.39 Å².